The lowest BCUT2D eigenvalue weighted by molar-refractivity contribution is -0.115. The van der Waals surface area contributed by atoms with Gasteiger partial charge in [-0.1, -0.05) is 24.3 Å². The minimum Gasteiger partial charge on any atom is -0.492 e. The lowest BCUT2D eigenvalue weighted by Crippen LogP contribution is -2.15. The van der Waals surface area contributed by atoms with Gasteiger partial charge in [0.25, 0.3) is 0 Å². The Hall–Kier alpha value is -2.34. The summed E-state index contributed by atoms with van der Waals surface area (Å²) in [6.07, 6.45) is 6.19. The molecular formula is C21H25NO4S. The first-order chi connectivity index (χ1) is 12.9. The molecular weight excluding hydrogens is 362 g/mol. The second-order valence-electron chi connectivity index (χ2n) is 7.04. The average molecular weight is 388 g/mol. The van der Waals surface area contributed by atoms with E-state index < -0.39 is 9.84 Å². The molecule has 0 heterocycles. The molecule has 0 aliphatic heterocycles. The van der Waals surface area contributed by atoms with Crippen LogP contribution in [-0.4, -0.2) is 32.9 Å². The van der Waals surface area contributed by atoms with Gasteiger partial charge in [-0.2, -0.15) is 0 Å². The molecule has 1 aliphatic carbocycles. The van der Waals surface area contributed by atoms with Crippen molar-refractivity contribution in [2.45, 2.75) is 32.1 Å². The van der Waals surface area contributed by atoms with E-state index in [0.717, 1.165) is 18.4 Å². The first-order valence-corrected chi connectivity index (χ1v) is 11.3. The number of amides is 1. The molecule has 3 rings (SSSR count). The Bertz CT molecular complexity index is 922. The molecule has 0 radical (unpaired) electrons. The van der Waals surface area contributed by atoms with E-state index in [1.54, 1.807) is 24.3 Å². The van der Waals surface area contributed by atoms with Gasteiger partial charge in [0.1, 0.15) is 12.4 Å². The van der Waals surface area contributed by atoms with Crippen LogP contribution >= 0.6 is 0 Å². The van der Waals surface area contributed by atoms with Gasteiger partial charge in [-0.3, -0.25) is 4.79 Å². The van der Waals surface area contributed by atoms with Crippen LogP contribution in [0.15, 0.2) is 42.5 Å². The molecule has 0 bridgehead atoms. The summed E-state index contributed by atoms with van der Waals surface area (Å²) in [6.45, 7) is 0.0886. The van der Waals surface area contributed by atoms with E-state index in [4.69, 9.17) is 4.74 Å². The zero-order valence-corrected chi connectivity index (χ0v) is 16.3. The molecule has 1 aliphatic rings. The van der Waals surface area contributed by atoms with Crippen LogP contribution in [0.4, 0.5) is 5.69 Å². The van der Waals surface area contributed by atoms with Crippen LogP contribution in [0.2, 0.25) is 0 Å². The molecule has 27 heavy (non-hydrogen) atoms. The van der Waals surface area contributed by atoms with Crippen molar-refractivity contribution in [2.75, 3.05) is 23.9 Å². The van der Waals surface area contributed by atoms with Gasteiger partial charge in [0.05, 0.1) is 12.2 Å². The molecule has 0 aromatic heterocycles. The number of carbonyl (C=O) groups excluding carboxylic acids is 1. The highest BCUT2D eigenvalue weighted by atomic mass is 32.2. The van der Waals surface area contributed by atoms with Gasteiger partial charge in [0.2, 0.25) is 5.91 Å². The zero-order valence-electron chi connectivity index (χ0n) is 15.5. The topological polar surface area (TPSA) is 72.5 Å². The number of hydrogen-bond donors (Lipinski definition) is 1. The van der Waals surface area contributed by atoms with Crippen LogP contribution in [-0.2, 0) is 33.9 Å². The maximum atomic E-state index is 12.4. The molecule has 0 spiro atoms. The normalized spacial score (nSPS) is 13.7. The number of hydrogen-bond acceptors (Lipinski definition) is 4. The second-order valence-corrected chi connectivity index (χ2v) is 9.30. The predicted octanol–water partition coefficient (Wildman–Crippen LogP) is 3.17. The summed E-state index contributed by atoms with van der Waals surface area (Å²) in [6, 6.07) is 13.3. The molecule has 0 unspecified atom stereocenters. The number of ether oxygens (including phenoxy) is 1. The van der Waals surface area contributed by atoms with Crippen molar-refractivity contribution in [3.8, 4) is 5.75 Å². The largest absolute Gasteiger partial charge is 0.492 e. The van der Waals surface area contributed by atoms with E-state index in [-0.39, 0.29) is 18.3 Å². The summed E-state index contributed by atoms with van der Waals surface area (Å²) in [5.41, 5.74) is 4.43. The van der Waals surface area contributed by atoms with E-state index in [1.807, 2.05) is 6.07 Å². The van der Waals surface area contributed by atoms with Crippen LogP contribution in [0.3, 0.4) is 0 Å². The van der Waals surface area contributed by atoms with Crippen molar-refractivity contribution in [3.63, 3.8) is 0 Å². The van der Waals surface area contributed by atoms with Gasteiger partial charge in [-0.15, -0.1) is 0 Å². The smallest absolute Gasteiger partial charge is 0.228 e. The third-order valence-corrected chi connectivity index (χ3v) is 5.53. The first kappa shape index (κ1) is 19.4. The fourth-order valence-corrected chi connectivity index (χ4v) is 3.65. The Morgan fingerprint density at radius 2 is 1.85 bits per heavy atom. The SMILES string of the molecule is CS(=O)(=O)CCOc1cccc(NC(=O)Cc2ccc3c(c2)CCCC3)c1. The summed E-state index contributed by atoms with van der Waals surface area (Å²) in [5.74, 6) is 0.409. The number of carbonyl (C=O) groups is 1. The summed E-state index contributed by atoms with van der Waals surface area (Å²) in [7, 11) is -3.06. The first-order valence-electron chi connectivity index (χ1n) is 9.20. The summed E-state index contributed by atoms with van der Waals surface area (Å²) >= 11 is 0. The third kappa shape index (κ3) is 6.10. The molecule has 0 fully saturated rings. The summed E-state index contributed by atoms with van der Waals surface area (Å²) < 4.78 is 27.8. The monoisotopic (exact) mass is 387 g/mol. The van der Waals surface area contributed by atoms with E-state index in [2.05, 4.69) is 17.4 Å². The van der Waals surface area contributed by atoms with Crippen LogP contribution in [0.25, 0.3) is 0 Å². The van der Waals surface area contributed by atoms with Gasteiger partial charge in [0, 0.05) is 18.0 Å². The summed E-state index contributed by atoms with van der Waals surface area (Å²) in [4.78, 5) is 12.4. The molecule has 0 atom stereocenters. The van der Waals surface area contributed by atoms with E-state index in [1.165, 1.54) is 30.2 Å². The van der Waals surface area contributed by atoms with Crippen molar-refractivity contribution in [2.24, 2.45) is 0 Å². The van der Waals surface area contributed by atoms with Crippen molar-refractivity contribution in [1.82, 2.24) is 0 Å². The minimum atomic E-state index is -3.06. The molecule has 6 heteroatoms. The number of rotatable bonds is 7. The number of nitrogens with one attached hydrogen (secondary N) is 1. The maximum absolute atomic E-state index is 12.4. The van der Waals surface area contributed by atoms with Crippen molar-refractivity contribution in [1.29, 1.82) is 0 Å². The number of anilines is 1. The Balaban J connectivity index is 1.57. The standard InChI is InChI=1S/C21H25NO4S/c1-27(24,25)12-11-26-20-8-4-7-19(15-20)22-21(23)14-16-9-10-17-5-2-3-6-18(17)13-16/h4,7-10,13,15H,2-3,5-6,11-12,14H2,1H3,(H,22,23). The maximum Gasteiger partial charge on any atom is 0.228 e. The quantitative estimate of drug-likeness (QED) is 0.792. The van der Waals surface area contributed by atoms with Crippen molar-refractivity contribution in [3.05, 3.63) is 59.2 Å². The minimum absolute atomic E-state index is 0.0398. The van der Waals surface area contributed by atoms with Gasteiger partial charge >= 0.3 is 0 Å². The lowest BCUT2D eigenvalue weighted by atomic mass is 9.90. The number of sulfone groups is 1. The van der Waals surface area contributed by atoms with Crippen LogP contribution in [0.5, 0.6) is 5.75 Å². The Morgan fingerprint density at radius 1 is 1.07 bits per heavy atom. The van der Waals surface area contributed by atoms with Gasteiger partial charge in [0.15, 0.2) is 9.84 Å². The molecule has 0 saturated heterocycles. The predicted molar refractivity (Wildman–Crippen MR) is 107 cm³/mol. The molecule has 2 aromatic rings. The lowest BCUT2D eigenvalue weighted by Gasteiger charge is -2.16. The van der Waals surface area contributed by atoms with Gasteiger partial charge in [-0.25, -0.2) is 8.42 Å². The Morgan fingerprint density at radius 3 is 2.63 bits per heavy atom. The fraction of sp³-hybridized carbons (Fsp3) is 0.381. The van der Waals surface area contributed by atoms with Crippen LogP contribution < -0.4 is 10.1 Å². The number of fused-ring (bicyclic) bond motifs is 1. The zero-order chi connectivity index (χ0) is 19.3. The molecule has 5 nitrogen and oxygen atoms in total. The highest BCUT2D eigenvalue weighted by Gasteiger charge is 2.11. The summed E-state index contributed by atoms with van der Waals surface area (Å²) in [5, 5.41) is 2.88. The van der Waals surface area contributed by atoms with Crippen LogP contribution in [0, 0.1) is 0 Å². The number of aryl methyl sites for hydroxylation is 2. The van der Waals surface area contributed by atoms with E-state index >= 15 is 0 Å². The van der Waals surface area contributed by atoms with Gasteiger partial charge in [-0.05, 0) is 54.5 Å². The molecule has 144 valence electrons. The van der Waals surface area contributed by atoms with E-state index in [9.17, 15) is 13.2 Å². The molecule has 2 aromatic carbocycles. The molecule has 0 saturated carbocycles. The van der Waals surface area contributed by atoms with Crippen molar-refractivity contribution < 1.29 is 17.9 Å². The fourth-order valence-electron chi connectivity index (χ4n) is 3.26. The molecule has 1 amide bonds. The highest BCUT2D eigenvalue weighted by molar-refractivity contribution is 7.90. The highest BCUT2D eigenvalue weighted by Crippen LogP contribution is 2.23. The molecule has 1 N–H and O–H groups in total. The average Bonchev–Trinajstić information content (AvgIpc) is 2.61. The Labute approximate surface area is 160 Å². The third-order valence-electron chi connectivity index (χ3n) is 4.62. The Kier molecular flexibility index (Phi) is 6.16. The number of benzene rings is 2. The second kappa shape index (κ2) is 8.57. The van der Waals surface area contributed by atoms with Crippen LogP contribution in [0.1, 0.15) is 29.5 Å². The van der Waals surface area contributed by atoms with Crippen molar-refractivity contribution >= 4 is 21.4 Å². The van der Waals surface area contributed by atoms with Gasteiger partial charge < -0.3 is 10.1 Å². The van der Waals surface area contributed by atoms with E-state index in [0.29, 0.717) is 17.9 Å².